The van der Waals surface area contributed by atoms with Gasteiger partial charge in [-0.3, -0.25) is 4.79 Å². The van der Waals surface area contributed by atoms with Gasteiger partial charge in [0.2, 0.25) is 5.91 Å². The third-order valence-electron chi connectivity index (χ3n) is 3.58. The highest BCUT2D eigenvalue weighted by Crippen LogP contribution is 2.19. The Morgan fingerprint density at radius 3 is 2.71 bits per heavy atom. The van der Waals surface area contributed by atoms with E-state index in [2.05, 4.69) is 5.32 Å². The molecular formula is C19H22FNO3. The molecule has 4 nitrogen and oxygen atoms in total. The van der Waals surface area contributed by atoms with E-state index in [1.54, 1.807) is 19.2 Å². The van der Waals surface area contributed by atoms with Crippen LogP contribution in [-0.4, -0.2) is 26.2 Å². The number of ether oxygens (including phenoxy) is 2. The molecule has 0 bridgehead atoms. The smallest absolute Gasteiger partial charge is 0.223 e. The minimum atomic E-state index is -0.426. The van der Waals surface area contributed by atoms with E-state index in [4.69, 9.17) is 9.47 Å². The van der Waals surface area contributed by atoms with Crippen molar-refractivity contribution in [2.75, 3.05) is 20.3 Å². The summed E-state index contributed by atoms with van der Waals surface area (Å²) in [5, 5.41) is 2.83. The second kappa shape index (κ2) is 8.91. The molecule has 2 aromatic rings. The highest BCUT2D eigenvalue weighted by molar-refractivity contribution is 5.76. The van der Waals surface area contributed by atoms with E-state index < -0.39 is 5.82 Å². The summed E-state index contributed by atoms with van der Waals surface area (Å²) in [6.45, 7) is 2.67. The van der Waals surface area contributed by atoms with E-state index in [0.29, 0.717) is 13.0 Å². The molecule has 0 fully saturated rings. The quantitative estimate of drug-likeness (QED) is 0.807. The molecule has 24 heavy (non-hydrogen) atoms. The molecule has 128 valence electrons. The lowest BCUT2D eigenvalue weighted by molar-refractivity contribution is -0.121. The fourth-order valence-corrected chi connectivity index (χ4v) is 2.34. The Morgan fingerprint density at radius 2 is 1.96 bits per heavy atom. The molecule has 1 N–H and O–H groups in total. The number of para-hydroxylation sites is 1. The van der Waals surface area contributed by atoms with E-state index >= 15 is 0 Å². The van der Waals surface area contributed by atoms with Crippen LogP contribution in [0.3, 0.4) is 0 Å². The lowest BCUT2D eigenvalue weighted by Crippen LogP contribution is -2.27. The number of rotatable bonds is 8. The Balaban J connectivity index is 1.72. The topological polar surface area (TPSA) is 47.6 Å². The van der Waals surface area contributed by atoms with Gasteiger partial charge < -0.3 is 14.8 Å². The molecular weight excluding hydrogens is 309 g/mol. The van der Waals surface area contributed by atoms with Gasteiger partial charge in [-0.25, -0.2) is 4.39 Å². The van der Waals surface area contributed by atoms with Gasteiger partial charge in [0.05, 0.1) is 20.1 Å². The molecule has 1 amide bonds. The third-order valence-corrected chi connectivity index (χ3v) is 3.58. The molecule has 0 saturated carbocycles. The summed E-state index contributed by atoms with van der Waals surface area (Å²) < 4.78 is 24.0. The maximum absolute atomic E-state index is 13.4. The number of amides is 1. The predicted octanol–water partition coefficient (Wildman–Crippen LogP) is 3.27. The summed E-state index contributed by atoms with van der Waals surface area (Å²) >= 11 is 0. The standard InChI is InChI=1S/C19H22FNO3/c1-14-7-8-17(23-2)15(13-14)9-11-21-19(22)10-12-24-18-6-4-3-5-16(18)20/h3-8,13H,9-12H2,1-2H3,(H,21,22). The first-order chi connectivity index (χ1) is 11.6. The maximum Gasteiger partial charge on any atom is 0.223 e. The highest BCUT2D eigenvalue weighted by Gasteiger charge is 2.06. The Bertz CT molecular complexity index is 688. The number of hydrogen-bond acceptors (Lipinski definition) is 3. The molecule has 0 aromatic heterocycles. The lowest BCUT2D eigenvalue weighted by atomic mass is 10.1. The fraction of sp³-hybridized carbons (Fsp3) is 0.316. The molecule has 0 saturated heterocycles. The minimum absolute atomic E-state index is 0.127. The first-order valence-corrected chi connectivity index (χ1v) is 7.87. The number of aryl methyl sites for hydroxylation is 1. The van der Waals surface area contributed by atoms with Gasteiger partial charge >= 0.3 is 0 Å². The van der Waals surface area contributed by atoms with Crippen LogP contribution in [0.5, 0.6) is 11.5 Å². The van der Waals surface area contributed by atoms with Crippen molar-refractivity contribution >= 4 is 5.91 Å². The number of halogens is 1. The van der Waals surface area contributed by atoms with Crippen molar-refractivity contribution in [2.45, 2.75) is 19.8 Å². The van der Waals surface area contributed by atoms with Crippen LogP contribution in [0.25, 0.3) is 0 Å². The molecule has 0 aliphatic rings. The summed E-state index contributed by atoms with van der Waals surface area (Å²) in [6.07, 6.45) is 0.865. The Morgan fingerprint density at radius 1 is 1.17 bits per heavy atom. The van der Waals surface area contributed by atoms with E-state index in [1.165, 1.54) is 12.1 Å². The Kier molecular flexibility index (Phi) is 6.61. The van der Waals surface area contributed by atoms with Crippen LogP contribution in [0.15, 0.2) is 42.5 Å². The van der Waals surface area contributed by atoms with E-state index in [-0.39, 0.29) is 24.7 Å². The van der Waals surface area contributed by atoms with Crippen molar-refractivity contribution in [1.29, 1.82) is 0 Å². The second-order valence-electron chi connectivity index (χ2n) is 5.44. The average molecular weight is 331 g/mol. The lowest BCUT2D eigenvalue weighted by Gasteiger charge is -2.11. The maximum atomic E-state index is 13.4. The van der Waals surface area contributed by atoms with E-state index in [1.807, 2.05) is 25.1 Å². The number of nitrogens with one attached hydrogen (secondary N) is 1. The van der Waals surface area contributed by atoms with E-state index in [0.717, 1.165) is 16.9 Å². The van der Waals surface area contributed by atoms with Crippen molar-refractivity contribution in [1.82, 2.24) is 5.32 Å². The molecule has 0 unspecified atom stereocenters. The number of carbonyl (C=O) groups excluding carboxylic acids is 1. The third kappa shape index (κ3) is 5.26. The molecule has 0 radical (unpaired) electrons. The van der Waals surface area contributed by atoms with Gasteiger partial charge in [-0.2, -0.15) is 0 Å². The van der Waals surface area contributed by atoms with Crippen molar-refractivity contribution in [3.8, 4) is 11.5 Å². The van der Waals surface area contributed by atoms with Gasteiger partial charge in [0, 0.05) is 6.54 Å². The number of benzene rings is 2. The number of carbonyl (C=O) groups is 1. The van der Waals surface area contributed by atoms with Gasteiger partial charge in [-0.05, 0) is 37.1 Å². The van der Waals surface area contributed by atoms with E-state index in [9.17, 15) is 9.18 Å². The van der Waals surface area contributed by atoms with Crippen LogP contribution in [0, 0.1) is 12.7 Å². The molecule has 0 spiro atoms. The van der Waals surface area contributed by atoms with Crippen LogP contribution in [0.1, 0.15) is 17.5 Å². The van der Waals surface area contributed by atoms with Crippen LogP contribution in [0.2, 0.25) is 0 Å². The Hall–Kier alpha value is -2.56. The second-order valence-corrected chi connectivity index (χ2v) is 5.44. The summed E-state index contributed by atoms with van der Waals surface area (Å²) in [7, 11) is 1.63. The zero-order valence-corrected chi connectivity index (χ0v) is 14.0. The highest BCUT2D eigenvalue weighted by atomic mass is 19.1. The first-order valence-electron chi connectivity index (χ1n) is 7.87. The molecule has 2 aromatic carbocycles. The van der Waals surface area contributed by atoms with Gasteiger partial charge in [-0.1, -0.05) is 29.8 Å². The van der Waals surface area contributed by atoms with Crippen LogP contribution < -0.4 is 14.8 Å². The number of hydrogen-bond donors (Lipinski definition) is 1. The average Bonchev–Trinajstić information content (AvgIpc) is 2.57. The van der Waals surface area contributed by atoms with Crippen LogP contribution >= 0.6 is 0 Å². The van der Waals surface area contributed by atoms with Crippen LogP contribution in [-0.2, 0) is 11.2 Å². The minimum Gasteiger partial charge on any atom is -0.496 e. The molecule has 5 heteroatoms. The normalized spacial score (nSPS) is 10.3. The Labute approximate surface area is 141 Å². The zero-order valence-electron chi connectivity index (χ0n) is 14.0. The van der Waals surface area contributed by atoms with Crippen molar-refractivity contribution in [3.63, 3.8) is 0 Å². The van der Waals surface area contributed by atoms with Gasteiger partial charge in [0.1, 0.15) is 5.75 Å². The summed E-state index contributed by atoms with van der Waals surface area (Å²) in [6, 6.07) is 12.1. The van der Waals surface area contributed by atoms with Crippen molar-refractivity contribution in [3.05, 3.63) is 59.4 Å². The molecule has 0 atom stereocenters. The molecule has 0 aliphatic heterocycles. The van der Waals surface area contributed by atoms with Crippen LogP contribution in [0.4, 0.5) is 4.39 Å². The predicted molar refractivity (Wildman–Crippen MR) is 91.0 cm³/mol. The van der Waals surface area contributed by atoms with Crippen molar-refractivity contribution < 1.29 is 18.7 Å². The summed E-state index contributed by atoms with van der Waals surface area (Å²) in [4.78, 5) is 11.8. The monoisotopic (exact) mass is 331 g/mol. The van der Waals surface area contributed by atoms with Gasteiger partial charge in [0.15, 0.2) is 11.6 Å². The zero-order chi connectivity index (χ0) is 17.4. The first kappa shape index (κ1) is 17.8. The van der Waals surface area contributed by atoms with Gasteiger partial charge in [-0.15, -0.1) is 0 Å². The summed E-state index contributed by atoms with van der Waals surface area (Å²) in [5.41, 5.74) is 2.20. The van der Waals surface area contributed by atoms with Crippen molar-refractivity contribution in [2.24, 2.45) is 0 Å². The SMILES string of the molecule is COc1ccc(C)cc1CCNC(=O)CCOc1ccccc1F. The molecule has 2 rings (SSSR count). The summed E-state index contributed by atoms with van der Waals surface area (Å²) in [5.74, 6) is 0.426. The molecule has 0 aliphatic carbocycles. The fourth-order valence-electron chi connectivity index (χ4n) is 2.34. The van der Waals surface area contributed by atoms with Gasteiger partial charge in [0.25, 0.3) is 0 Å². The number of methoxy groups -OCH3 is 1. The largest absolute Gasteiger partial charge is 0.496 e. The molecule has 0 heterocycles.